The van der Waals surface area contributed by atoms with Gasteiger partial charge in [0.15, 0.2) is 6.61 Å². The Morgan fingerprint density at radius 3 is 2.54 bits per heavy atom. The van der Waals surface area contributed by atoms with Crippen molar-refractivity contribution in [3.8, 4) is 17.2 Å². The lowest BCUT2D eigenvalue weighted by molar-refractivity contribution is -0.149. The van der Waals surface area contributed by atoms with Crippen molar-refractivity contribution in [2.24, 2.45) is 11.3 Å². The van der Waals surface area contributed by atoms with Gasteiger partial charge in [0.05, 0.1) is 7.11 Å². The molecule has 1 saturated carbocycles. The van der Waals surface area contributed by atoms with E-state index in [0.717, 1.165) is 24.2 Å². The predicted molar refractivity (Wildman–Crippen MR) is 125 cm³/mol. The molecule has 0 radical (unpaired) electrons. The number of urea groups is 1. The molecule has 0 bridgehead atoms. The Labute approximate surface area is 204 Å². The van der Waals surface area contributed by atoms with Crippen LogP contribution in [0.3, 0.4) is 0 Å². The molecule has 0 unspecified atom stereocenters. The van der Waals surface area contributed by atoms with Crippen molar-refractivity contribution in [3.05, 3.63) is 30.1 Å². The highest BCUT2D eigenvalue weighted by atomic mass is 16.5. The van der Waals surface area contributed by atoms with Crippen molar-refractivity contribution >= 4 is 17.9 Å². The van der Waals surface area contributed by atoms with Crippen LogP contribution in [0.4, 0.5) is 4.79 Å². The van der Waals surface area contributed by atoms with Gasteiger partial charge in [-0.1, -0.05) is 32.3 Å². The summed E-state index contributed by atoms with van der Waals surface area (Å²) in [6.45, 7) is 5.97. The lowest BCUT2D eigenvalue weighted by Gasteiger charge is -2.42. The molecule has 2 aliphatic rings. The molecule has 10 nitrogen and oxygen atoms in total. The number of nitrogens with one attached hydrogen (secondary N) is 1. The third-order valence-corrected chi connectivity index (χ3v) is 7.56. The van der Waals surface area contributed by atoms with E-state index in [9.17, 15) is 14.4 Å². The lowest BCUT2D eigenvalue weighted by Crippen LogP contribution is -2.51. The van der Waals surface area contributed by atoms with Gasteiger partial charge in [-0.15, -0.1) is 0 Å². The SMILES string of the molecule is CCC(C)(C)C1CCC2(CC1)NC(=O)N(CC(=O)OCc1noc(-c3ccc(OC)cc3)n1)C2=O. The molecule has 1 aliphatic heterocycles. The topological polar surface area (TPSA) is 124 Å². The van der Waals surface area contributed by atoms with E-state index >= 15 is 0 Å². The van der Waals surface area contributed by atoms with E-state index in [4.69, 9.17) is 14.0 Å². The molecule has 2 fully saturated rings. The van der Waals surface area contributed by atoms with Crippen molar-refractivity contribution in [1.29, 1.82) is 0 Å². The van der Waals surface area contributed by atoms with Crippen LogP contribution >= 0.6 is 0 Å². The maximum atomic E-state index is 13.1. The van der Waals surface area contributed by atoms with Crippen molar-refractivity contribution in [1.82, 2.24) is 20.4 Å². The molecule has 188 valence electrons. The molecule has 1 spiro atoms. The Hall–Kier alpha value is -3.43. The van der Waals surface area contributed by atoms with Crippen LogP contribution in [0.1, 0.15) is 58.7 Å². The fourth-order valence-corrected chi connectivity index (χ4v) is 4.82. The number of carbonyl (C=O) groups excluding carboxylic acids is 3. The molecule has 1 aliphatic carbocycles. The number of amides is 3. The van der Waals surface area contributed by atoms with Crippen molar-refractivity contribution < 1.29 is 28.4 Å². The fourth-order valence-electron chi connectivity index (χ4n) is 4.82. The number of hydrogen-bond donors (Lipinski definition) is 1. The van der Waals surface area contributed by atoms with Crippen LogP contribution in [-0.2, 0) is 20.9 Å². The van der Waals surface area contributed by atoms with Gasteiger partial charge in [0.2, 0.25) is 5.82 Å². The molecule has 1 aromatic carbocycles. The highest BCUT2D eigenvalue weighted by molar-refractivity contribution is 6.08. The zero-order chi connectivity index (χ0) is 25.2. The van der Waals surface area contributed by atoms with Gasteiger partial charge in [-0.3, -0.25) is 14.5 Å². The van der Waals surface area contributed by atoms with Crippen LogP contribution in [0, 0.1) is 11.3 Å². The Morgan fingerprint density at radius 2 is 1.91 bits per heavy atom. The van der Waals surface area contributed by atoms with Crippen LogP contribution in [-0.4, -0.2) is 52.1 Å². The van der Waals surface area contributed by atoms with Crippen LogP contribution in [0.25, 0.3) is 11.5 Å². The van der Waals surface area contributed by atoms with E-state index in [-0.39, 0.29) is 29.6 Å². The van der Waals surface area contributed by atoms with Gasteiger partial charge in [-0.2, -0.15) is 4.98 Å². The Kier molecular flexibility index (Phi) is 6.82. The van der Waals surface area contributed by atoms with Crippen molar-refractivity contribution in [2.75, 3.05) is 13.7 Å². The number of benzene rings is 1. The summed E-state index contributed by atoms with van der Waals surface area (Å²) in [5.74, 6) is 0.573. The highest BCUT2D eigenvalue weighted by Gasteiger charge is 2.53. The molecule has 1 saturated heterocycles. The van der Waals surface area contributed by atoms with E-state index in [1.807, 2.05) is 0 Å². The normalized spacial score (nSPS) is 22.4. The second-order valence-electron chi connectivity index (χ2n) is 9.92. The van der Waals surface area contributed by atoms with Gasteiger partial charge in [-0.25, -0.2) is 4.79 Å². The molecule has 10 heteroatoms. The number of aromatic nitrogens is 2. The van der Waals surface area contributed by atoms with Gasteiger partial charge >= 0.3 is 12.0 Å². The molecule has 1 aromatic heterocycles. The van der Waals surface area contributed by atoms with Crippen molar-refractivity contribution in [3.63, 3.8) is 0 Å². The van der Waals surface area contributed by atoms with Gasteiger partial charge in [-0.05, 0) is 61.3 Å². The summed E-state index contributed by atoms with van der Waals surface area (Å²) in [7, 11) is 1.58. The first-order chi connectivity index (χ1) is 16.7. The Bertz CT molecular complexity index is 1090. The van der Waals surface area contributed by atoms with E-state index in [1.54, 1.807) is 31.4 Å². The van der Waals surface area contributed by atoms with E-state index in [1.165, 1.54) is 0 Å². The molecule has 35 heavy (non-hydrogen) atoms. The molecule has 3 amide bonds. The molecular formula is C25H32N4O6. The van der Waals surface area contributed by atoms with Crippen molar-refractivity contribution in [2.45, 2.75) is 65.0 Å². The summed E-state index contributed by atoms with van der Waals surface area (Å²) in [5.41, 5.74) is -0.0322. The monoisotopic (exact) mass is 484 g/mol. The summed E-state index contributed by atoms with van der Waals surface area (Å²) in [4.78, 5) is 43.2. The summed E-state index contributed by atoms with van der Waals surface area (Å²) in [5, 5.41) is 6.67. The van der Waals surface area contributed by atoms with Crippen LogP contribution in [0.2, 0.25) is 0 Å². The Morgan fingerprint density at radius 1 is 1.23 bits per heavy atom. The third-order valence-electron chi connectivity index (χ3n) is 7.56. The summed E-state index contributed by atoms with van der Waals surface area (Å²) < 4.78 is 15.5. The second kappa shape index (κ2) is 9.67. The highest BCUT2D eigenvalue weighted by Crippen LogP contribution is 2.45. The molecule has 1 N–H and O–H groups in total. The third kappa shape index (κ3) is 5.01. The first kappa shape index (κ1) is 24.7. The van der Waals surface area contributed by atoms with Crippen LogP contribution < -0.4 is 10.1 Å². The molecule has 4 rings (SSSR count). The fraction of sp³-hybridized carbons (Fsp3) is 0.560. The molecule has 2 heterocycles. The molecule has 2 aromatic rings. The van der Waals surface area contributed by atoms with Crippen LogP contribution in [0.5, 0.6) is 5.75 Å². The van der Waals surface area contributed by atoms with Gasteiger partial charge < -0.3 is 19.3 Å². The minimum absolute atomic E-state index is 0.176. The number of ether oxygens (including phenoxy) is 2. The van der Waals surface area contributed by atoms with E-state index in [0.29, 0.717) is 30.1 Å². The maximum Gasteiger partial charge on any atom is 0.326 e. The number of imide groups is 1. The first-order valence-electron chi connectivity index (χ1n) is 11.9. The molecular weight excluding hydrogens is 452 g/mol. The number of carbonyl (C=O) groups is 3. The maximum absolute atomic E-state index is 13.1. The number of nitrogens with zero attached hydrogens (tertiary/aromatic N) is 3. The molecule has 0 atom stereocenters. The summed E-state index contributed by atoms with van der Waals surface area (Å²) >= 11 is 0. The van der Waals surface area contributed by atoms with Gasteiger partial charge in [0.1, 0.15) is 17.8 Å². The lowest BCUT2D eigenvalue weighted by atomic mass is 9.65. The summed E-state index contributed by atoms with van der Waals surface area (Å²) in [6, 6.07) is 6.52. The standard InChI is InChI=1S/C25H32N4O6/c1-5-24(2,3)17-10-12-25(13-11-17)22(31)29(23(32)27-25)14-20(30)34-15-19-26-21(35-28-19)16-6-8-18(33-4)9-7-16/h6-9,17H,5,10-15H2,1-4H3,(H,27,32). The van der Waals surface area contributed by atoms with E-state index < -0.39 is 24.1 Å². The quantitative estimate of drug-likeness (QED) is 0.444. The van der Waals surface area contributed by atoms with Gasteiger partial charge in [0.25, 0.3) is 11.8 Å². The minimum atomic E-state index is -0.918. The van der Waals surface area contributed by atoms with Gasteiger partial charge in [0, 0.05) is 5.56 Å². The largest absolute Gasteiger partial charge is 0.497 e. The average molecular weight is 485 g/mol. The average Bonchev–Trinajstić information content (AvgIpc) is 3.42. The number of rotatable bonds is 8. The second-order valence-corrected chi connectivity index (χ2v) is 9.92. The number of methoxy groups -OCH3 is 1. The Balaban J connectivity index is 1.30. The zero-order valence-electron chi connectivity index (χ0n) is 20.6. The van der Waals surface area contributed by atoms with E-state index in [2.05, 4.69) is 36.2 Å². The van der Waals surface area contributed by atoms with Crippen LogP contribution in [0.15, 0.2) is 28.8 Å². The number of esters is 1. The number of hydrogen-bond acceptors (Lipinski definition) is 8. The predicted octanol–water partition coefficient (Wildman–Crippen LogP) is 3.71. The first-order valence-corrected chi connectivity index (χ1v) is 11.9. The summed E-state index contributed by atoms with van der Waals surface area (Å²) in [6.07, 6.45) is 3.94. The smallest absolute Gasteiger partial charge is 0.326 e. The zero-order valence-corrected chi connectivity index (χ0v) is 20.6. The minimum Gasteiger partial charge on any atom is -0.497 e.